The van der Waals surface area contributed by atoms with Crippen LogP contribution in [0.4, 0.5) is 0 Å². The summed E-state index contributed by atoms with van der Waals surface area (Å²) in [5, 5.41) is 4.29. The summed E-state index contributed by atoms with van der Waals surface area (Å²) in [5.41, 5.74) is 9.70. The first kappa shape index (κ1) is 20.7. The number of fused-ring (bicyclic) bond motifs is 1. The van der Waals surface area contributed by atoms with Crippen molar-refractivity contribution >= 4 is 34.1 Å². The zero-order chi connectivity index (χ0) is 20.8. The predicted molar refractivity (Wildman–Crippen MR) is 123 cm³/mol. The van der Waals surface area contributed by atoms with E-state index in [1.807, 2.05) is 61.5 Å². The fraction of sp³-hybridized carbons (Fsp3) is 0.261. The quantitative estimate of drug-likeness (QED) is 0.434. The van der Waals surface area contributed by atoms with Gasteiger partial charge in [0, 0.05) is 17.5 Å². The molecule has 1 amide bonds. The van der Waals surface area contributed by atoms with Crippen molar-refractivity contribution in [1.82, 2.24) is 21.2 Å². The van der Waals surface area contributed by atoms with E-state index in [0.29, 0.717) is 16.6 Å². The molecule has 5 nitrogen and oxygen atoms in total. The van der Waals surface area contributed by atoms with Crippen LogP contribution in [-0.4, -0.2) is 22.5 Å². The Morgan fingerprint density at radius 3 is 2.52 bits per heavy atom. The molecular weight excluding hydrogens is 380 g/mol. The third-order valence-corrected chi connectivity index (χ3v) is 4.85. The summed E-state index contributed by atoms with van der Waals surface area (Å²) in [5.74, 6) is 0.327. The Kier molecular flexibility index (Phi) is 6.77. The lowest BCUT2D eigenvalue weighted by molar-refractivity contribution is 0.0945. The Labute approximate surface area is 176 Å². The van der Waals surface area contributed by atoms with E-state index in [9.17, 15) is 4.79 Å². The van der Waals surface area contributed by atoms with E-state index < -0.39 is 0 Å². The van der Waals surface area contributed by atoms with Gasteiger partial charge in [-0.15, -0.1) is 0 Å². The smallest absolute Gasteiger partial charge is 0.270 e. The van der Waals surface area contributed by atoms with Gasteiger partial charge in [-0.25, -0.2) is 4.98 Å². The molecule has 0 bridgehead atoms. The highest BCUT2D eigenvalue weighted by molar-refractivity contribution is 7.80. The maximum atomic E-state index is 12.9. The Morgan fingerprint density at radius 2 is 1.79 bits per heavy atom. The molecule has 29 heavy (non-hydrogen) atoms. The Morgan fingerprint density at radius 1 is 1.07 bits per heavy atom. The van der Waals surface area contributed by atoms with E-state index in [0.717, 1.165) is 35.1 Å². The summed E-state index contributed by atoms with van der Waals surface area (Å²) in [7, 11) is 0. The average molecular weight is 407 g/mol. The number of hydrazine groups is 1. The number of carbonyl (C=O) groups excluding carboxylic acids is 1. The number of para-hydroxylation sites is 1. The lowest BCUT2D eigenvalue weighted by atomic mass is 10.0. The third kappa shape index (κ3) is 5.51. The van der Waals surface area contributed by atoms with E-state index in [-0.39, 0.29) is 5.91 Å². The molecule has 3 aromatic rings. The van der Waals surface area contributed by atoms with Gasteiger partial charge < -0.3 is 5.32 Å². The standard InChI is InChI=1S/C23H26N4OS/c1-15(2)12-13-24-23(29)27-26-22(28)19-14-21(17-10-8-16(3)9-11-17)25-20-7-5-4-6-18(19)20/h4-11,14-15H,12-13H2,1-3H3,(H,26,28)(H2,24,27,29). The Balaban J connectivity index is 1.81. The molecule has 3 rings (SSSR count). The molecule has 0 fully saturated rings. The molecule has 0 atom stereocenters. The molecule has 0 aliphatic rings. The van der Waals surface area contributed by atoms with Gasteiger partial charge in [0.1, 0.15) is 0 Å². The fourth-order valence-corrected chi connectivity index (χ4v) is 3.09. The van der Waals surface area contributed by atoms with Gasteiger partial charge in [-0.3, -0.25) is 15.6 Å². The van der Waals surface area contributed by atoms with Crippen LogP contribution in [0, 0.1) is 12.8 Å². The topological polar surface area (TPSA) is 66.1 Å². The van der Waals surface area contributed by atoms with Crippen LogP contribution >= 0.6 is 12.2 Å². The largest absolute Gasteiger partial charge is 0.361 e. The summed E-state index contributed by atoms with van der Waals surface area (Å²) < 4.78 is 0. The number of hydrogen-bond acceptors (Lipinski definition) is 3. The van der Waals surface area contributed by atoms with E-state index in [4.69, 9.17) is 17.2 Å². The van der Waals surface area contributed by atoms with Crippen LogP contribution in [0.3, 0.4) is 0 Å². The van der Waals surface area contributed by atoms with Crippen LogP contribution in [-0.2, 0) is 0 Å². The molecule has 0 radical (unpaired) electrons. The monoisotopic (exact) mass is 406 g/mol. The number of thiocarbonyl (C=S) groups is 1. The normalized spacial score (nSPS) is 10.8. The van der Waals surface area contributed by atoms with Crippen molar-refractivity contribution in [2.75, 3.05) is 6.54 Å². The fourth-order valence-electron chi connectivity index (χ4n) is 2.93. The number of benzene rings is 2. The number of aromatic nitrogens is 1. The van der Waals surface area contributed by atoms with Crippen molar-refractivity contribution in [1.29, 1.82) is 0 Å². The minimum atomic E-state index is -0.259. The van der Waals surface area contributed by atoms with Crippen molar-refractivity contribution in [3.05, 3.63) is 65.7 Å². The number of carbonyl (C=O) groups is 1. The minimum absolute atomic E-state index is 0.259. The second-order valence-corrected chi connectivity index (χ2v) is 7.86. The van der Waals surface area contributed by atoms with Gasteiger partial charge in [0.05, 0.1) is 16.8 Å². The van der Waals surface area contributed by atoms with Gasteiger partial charge in [0.25, 0.3) is 5.91 Å². The second kappa shape index (κ2) is 9.47. The first-order valence-corrected chi connectivity index (χ1v) is 10.2. The molecule has 0 saturated heterocycles. The molecule has 0 unspecified atom stereocenters. The van der Waals surface area contributed by atoms with Gasteiger partial charge in [0.2, 0.25) is 0 Å². The van der Waals surface area contributed by atoms with E-state index in [2.05, 4.69) is 30.0 Å². The van der Waals surface area contributed by atoms with Crippen LogP contribution in [0.1, 0.15) is 36.2 Å². The van der Waals surface area contributed by atoms with Crippen molar-refractivity contribution < 1.29 is 4.79 Å². The van der Waals surface area contributed by atoms with Crippen LogP contribution in [0.2, 0.25) is 0 Å². The summed E-state index contributed by atoms with van der Waals surface area (Å²) in [6, 6.07) is 17.5. The SMILES string of the molecule is Cc1ccc(-c2cc(C(=O)NNC(=S)NCCC(C)C)c3ccccc3n2)cc1. The number of hydrogen-bond donors (Lipinski definition) is 3. The summed E-state index contributed by atoms with van der Waals surface area (Å²) in [4.78, 5) is 17.6. The molecular formula is C23H26N4OS. The molecule has 0 aliphatic heterocycles. The molecule has 150 valence electrons. The molecule has 0 aliphatic carbocycles. The average Bonchev–Trinajstić information content (AvgIpc) is 2.71. The maximum absolute atomic E-state index is 12.9. The van der Waals surface area contributed by atoms with E-state index in [1.165, 1.54) is 5.56 Å². The maximum Gasteiger partial charge on any atom is 0.270 e. The second-order valence-electron chi connectivity index (χ2n) is 7.46. The molecule has 1 heterocycles. The number of nitrogens with zero attached hydrogens (tertiary/aromatic N) is 1. The van der Waals surface area contributed by atoms with Crippen LogP contribution < -0.4 is 16.2 Å². The molecule has 0 spiro atoms. The lowest BCUT2D eigenvalue weighted by Gasteiger charge is -2.14. The first-order chi connectivity index (χ1) is 13.9. The number of pyridine rings is 1. The predicted octanol–water partition coefficient (Wildman–Crippen LogP) is 4.37. The van der Waals surface area contributed by atoms with Gasteiger partial charge >= 0.3 is 0 Å². The number of rotatable bonds is 5. The Hall–Kier alpha value is -2.99. The zero-order valence-corrected chi connectivity index (χ0v) is 17.8. The highest BCUT2D eigenvalue weighted by atomic mass is 32.1. The Bertz CT molecular complexity index is 1020. The summed E-state index contributed by atoms with van der Waals surface area (Å²) in [6.07, 6.45) is 1.00. The van der Waals surface area contributed by atoms with Crippen molar-refractivity contribution in [3.63, 3.8) is 0 Å². The molecule has 1 aromatic heterocycles. The molecule has 2 aromatic carbocycles. The number of aryl methyl sites for hydroxylation is 1. The van der Waals surface area contributed by atoms with Crippen molar-refractivity contribution in [2.24, 2.45) is 5.92 Å². The molecule has 3 N–H and O–H groups in total. The van der Waals surface area contributed by atoms with Gasteiger partial charge in [-0.1, -0.05) is 61.9 Å². The minimum Gasteiger partial charge on any atom is -0.361 e. The highest BCUT2D eigenvalue weighted by Gasteiger charge is 2.14. The lowest BCUT2D eigenvalue weighted by Crippen LogP contribution is -2.47. The van der Waals surface area contributed by atoms with Crippen LogP contribution in [0.15, 0.2) is 54.6 Å². The first-order valence-electron chi connectivity index (χ1n) is 9.75. The summed E-state index contributed by atoms with van der Waals surface area (Å²) >= 11 is 5.24. The summed E-state index contributed by atoms with van der Waals surface area (Å²) in [6.45, 7) is 7.11. The van der Waals surface area contributed by atoms with Gasteiger partial charge in [-0.2, -0.15) is 0 Å². The molecule has 6 heteroatoms. The van der Waals surface area contributed by atoms with Gasteiger partial charge in [-0.05, 0) is 43.6 Å². The zero-order valence-electron chi connectivity index (χ0n) is 17.0. The third-order valence-electron chi connectivity index (χ3n) is 4.60. The van der Waals surface area contributed by atoms with E-state index in [1.54, 1.807) is 0 Å². The van der Waals surface area contributed by atoms with Gasteiger partial charge in [0.15, 0.2) is 5.11 Å². The van der Waals surface area contributed by atoms with Crippen molar-refractivity contribution in [3.8, 4) is 11.3 Å². The number of amides is 1. The highest BCUT2D eigenvalue weighted by Crippen LogP contribution is 2.25. The van der Waals surface area contributed by atoms with Crippen LogP contribution in [0.25, 0.3) is 22.2 Å². The van der Waals surface area contributed by atoms with Crippen molar-refractivity contribution in [2.45, 2.75) is 27.2 Å². The van der Waals surface area contributed by atoms with E-state index >= 15 is 0 Å². The van der Waals surface area contributed by atoms with Crippen LogP contribution in [0.5, 0.6) is 0 Å². The molecule has 0 saturated carbocycles. The number of nitrogens with one attached hydrogen (secondary N) is 3.